The molecule has 4 heteroatoms. The van der Waals surface area contributed by atoms with E-state index >= 15 is 0 Å². The lowest BCUT2D eigenvalue weighted by Crippen LogP contribution is -2.23. The molecule has 0 fully saturated rings. The molecule has 2 aromatic heterocycles. The Morgan fingerprint density at radius 1 is 1.10 bits per heavy atom. The molecule has 106 valence electrons. The molecule has 0 saturated heterocycles. The summed E-state index contributed by atoms with van der Waals surface area (Å²) in [5.41, 5.74) is 3.29. The standard InChI is InChI=1S/C17H18N4/c1-2-8-21-17(13-10-18-12-19-11-13)15-5-3-7-16-14(15)6-4-9-20-16/h3-7,9-12,17,21H,2,8H2,1H3. The lowest BCUT2D eigenvalue weighted by atomic mass is 9.97. The van der Waals surface area contributed by atoms with Crippen LogP contribution in [0, 0.1) is 0 Å². The molecule has 3 aromatic rings. The lowest BCUT2D eigenvalue weighted by molar-refractivity contribution is 0.598. The Morgan fingerprint density at radius 2 is 1.95 bits per heavy atom. The average molecular weight is 278 g/mol. The molecule has 1 unspecified atom stereocenters. The van der Waals surface area contributed by atoms with E-state index in [-0.39, 0.29) is 6.04 Å². The van der Waals surface area contributed by atoms with Crippen LogP contribution in [-0.4, -0.2) is 21.5 Å². The van der Waals surface area contributed by atoms with Gasteiger partial charge in [-0.15, -0.1) is 0 Å². The summed E-state index contributed by atoms with van der Waals surface area (Å²) >= 11 is 0. The number of hydrogen-bond acceptors (Lipinski definition) is 4. The van der Waals surface area contributed by atoms with Crippen LogP contribution < -0.4 is 5.32 Å². The van der Waals surface area contributed by atoms with Crippen molar-refractivity contribution in [1.29, 1.82) is 0 Å². The molecular weight excluding hydrogens is 260 g/mol. The van der Waals surface area contributed by atoms with Gasteiger partial charge in [-0.2, -0.15) is 0 Å². The predicted octanol–water partition coefficient (Wildman–Crippen LogP) is 3.11. The van der Waals surface area contributed by atoms with Crippen LogP contribution in [0.2, 0.25) is 0 Å². The van der Waals surface area contributed by atoms with Gasteiger partial charge in [0.15, 0.2) is 0 Å². The van der Waals surface area contributed by atoms with Crippen molar-refractivity contribution in [2.24, 2.45) is 0 Å². The summed E-state index contributed by atoms with van der Waals surface area (Å²) in [4.78, 5) is 12.7. The van der Waals surface area contributed by atoms with Crippen LogP contribution in [0.15, 0.2) is 55.2 Å². The maximum atomic E-state index is 4.44. The van der Waals surface area contributed by atoms with Gasteiger partial charge in [0.05, 0.1) is 11.6 Å². The van der Waals surface area contributed by atoms with E-state index in [1.54, 1.807) is 6.33 Å². The van der Waals surface area contributed by atoms with Crippen LogP contribution in [0.25, 0.3) is 10.9 Å². The second-order valence-corrected chi connectivity index (χ2v) is 4.98. The maximum Gasteiger partial charge on any atom is 0.115 e. The van der Waals surface area contributed by atoms with Gasteiger partial charge in [-0.1, -0.05) is 25.1 Å². The second-order valence-electron chi connectivity index (χ2n) is 4.98. The van der Waals surface area contributed by atoms with Crippen molar-refractivity contribution in [3.8, 4) is 0 Å². The summed E-state index contributed by atoms with van der Waals surface area (Å²) in [6.45, 7) is 3.10. The molecule has 2 heterocycles. The fourth-order valence-corrected chi connectivity index (χ4v) is 2.53. The zero-order valence-corrected chi connectivity index (χ0v) is 12.0. The second kappa shape index (κ2) is 6.41. The highest BCUT2D eigenvalue weighted by atomic mass is 14.9. The van der Waals surface area contributed by atoms with E-state index in [1.807, 2.05) is 30.7 Å². The van der Waals surface area contributed by atoms with Crippen LogP contribution in [0.1, 0.15) is 30.5 Å². The summed E-state index contributed by atoms with van der Waals surface area (Å²) in [5.74, 6) is 0. The van der Waals surface area contributed by atoms with Crippen molar-refractivity contribution >= 4 is 10.9 Å². The third-order valence-corrected chi connectivity index (χ3v) is 3.50. The predicted molar refractivity (Wildman–Crippen MR) is 83.9 cm³/mol. The zero-order chi connectivity index (χ0) is 14.5. The highest BCUT2D eigenvalue weighted by molar-refractivity contribution is 5.82. The Morgan fingerprint density at radius 3 is 2.76 bits per heavy atom. The van der Waals surface area contributed by atoms with Gasteiger partial charge < -0.3 is 5.32 Å². The van der Waals surface area contributed by atoms with E-state index in [2.05, 4.69) is 45.4 Å². The monoisotopic (exact) mass is 278 g/mol. The van der Waals surface area contributed by atoms with Crippen molar-refractivity contribution in [1.82, 2.24) is 20.3 Å². The maximum absolute atomic E-state index is 4.44. The molecule has 0 saturated carbocycles. The molecule has 0 radical (unpaired) electrons. The van der Waals surface area contributed by atoms with Crippen molar-refractivity contribution < 1.29 is 0 Å². The molecule has 1 aromatic carbocycles. The van der Waals surface area contributed by atoms with Crippen molar-refractivity contribution in [3.63, 3.8) is 0 Å². The molecule has 21 heavy (non-hydrogen) atoms. The lowest BCUT2D eigenvalue weighted by Gasteiger charge is -2.20. The third-order valence-electron chi connectivity index (χ3n) is 3.50. The first-order valence-corrected chi connectivity index (χ1v) is 7.22. The minimum Gasteiger partial charge on any atom is -0.306 e. The third kappa shape index (κ3) is 2.90. The van der Waals surface area contributed by atoms with E-state index in [0.717, 1.165) is 29.4 Å². The molecule has 1 atom stereocenters. The Balaban J connectivity index is 2.10. The quantitative estimate of drug-likeness (QED) is 0.779. The Bertz CT molecular complexity index is 707. The van der Waals surface area contributed by atoms with Crippen LogP contribution in [0.3, 0.4) is 0 Å². The smallest absolute Gasteiger partial charge is 0.115 e. The van der Waals surface area contributed by atoms with E-state index in [4.69, 9.17) is 0 Å². The fourth-order valence-electron chi connectivity index (χ4n) is 2.53. The van der Waals surface area contributed by atoms with Gasteiger partial charge in [-0.05, 0) is 30.7 Å². The molecular formula is C17H18N4. The minimum atomic E-state index is 0.0825. The molecule has 0 aliphatic heterocycles. The van der Waals surface area contributed by atoms with Crippen LogP contribution >= 0.6 is 0 Å². The van der Waals surface area contributed by atoms with Crippen LogP contribution in [0.4, 0.5) is 0 Å². The normalized spacial score (nSPS) is 12.4. The molecule has 0 spiro atoms. The number of nitrogens with zero attached hydrogens (tertiary/aromatic N) is 3. The SMILES string of the molecule is CCCNC(c1cncnc1)c1cccc2ncccc12. The van der Waals surface area contributed by atoms with Crippen LogP contribution in [0.5, 0.6) is 0 Å². The number of nitrogens with one attached hydrogen (secondary N) is 1. The Hall–Kier alpha value is -2.33. The number of benzene rings is 1. The fraction of sp³-hybridized carbons (Fsp3) is 0.235. The Kier molecular flexibility index (Phi) is 4.17. The van der Waals surface area contributed by atoms with E-state index < -0.39 is 0 Å². The van der Waals surface area contributed by atoms with E-state index in [0.29, 0.717) is 0 Å². The van der Waals surface area contributed by atoms with Gasteiger partial charge in [-0.3, -0.25) is 4.98 Å². The molecule has 3 rings (SSSR count). The highest BCUT2D eigenvalue weighted by Gasteiger charge is 2.16. The molecule has 1 N–H and O–H groups in total. The van der Waals surface area contributed by atoms with Gasteiger partial charge in [0.1, 0.15) is 6.33 Å². The zero-order valence-electron chi connectivity index (χ0n) is 12.0. The summed E-state index contributed by atoms with van der Waals surface area (Å²) in [6.07, 6.45) is 8.20. The van der Waals surface area contributed by atoms with Gasteiger partial charge in [-0.25, -0.2) is 9.97 Å². The van der Waals surface area contributed by atoms with Gasteiger partial charge in [0.25, 0.3) is 0 Å². The molecule has 0 amide bonds. The Labute approximate surface area is 124 Å². The van der Waals surface area contributed by atoms with E-state index in [1.165, 1.54) is 5.56 Å². The summed E-state index contributed by atoms with van der Waals surface area (Å²) in [7, 11) is 0. The minimum absolute atomic E-state index is 0.0825. The largest absolute Gasteiger partial charge is 0.306 e. The van der Waals surface area contributed by atoms with Gasteiger partial charge in [0, 0.05) is 29.5 Å². The first-order valence-electron chi connectivity index (χ1n) is 7.22. The molecule has 0 aliphatic carbocycles. The first kappa shape index (κ1) is 13.6. The van der Waals surface area contributed by atoms with Gasteiger partial charge >= 0.3 is 0 Å². The number of fused-ring (bicyclic) bond motifs is 1. The number of rotatable bonds is 5. The first-order chi connectivity index (χ1) is 10.4. The highest BCUT2D eigenvalue weighted by Crippen LogP contribution is 2.27. The van der Waals surface area contributed by atoms with Crippen molar-refractivity contribution in [3.05, 3.63) is 66.4 Å². The van der Waals surface area contributed by atoms with Gasteiger partial charge in [0.2, 0.25) is 0 Å². The summed E-state index contributed by atoms with van der Waals surface area (Å²) < 4.78 is 0. The number of pyridine rings is 1. The summed E-state index contributed by atoms with van der Waals surface area (Å²) in [6, 6.07) is 10.4. The average Bonchev–Trinajstić information content (AvgIpc) is 2.56. The molecule has 4 nitrogen and oxygen atoms in total. The van der Waals surface area contributed by atoms with Crippen LogP contribution in [-0.2, 0) is 0 Å². The molecule has 0 aliphatic rings. The summed E-state index contributed by atoms with van der Waals surface area (Å²) in [5, 5.41) is 4.75. The van der Waals surface area contributed by atoms with Crippen molar-refractivity contribution in [2.75, 3.05) is 6.54 Å². The van der Waals surface area contributed by atoms with E-state index in [9.17, 15) is 0 Å². The van der Waals surface area contributed by atoms with Crippen molar-refractivity contribution in [2.45, 2.75) is 19.4 Å². The number of hydrogen-bond donors (Lipinski definition) is 1. The number of aromatic nitrogens is 3. The molecule has 0 bridgehead atoms. The topological polar surface area (TPSA) is 50.7 Å².